The lowest BCUT2D eigenvalue weighted by molar-refractivity contribution is -0.141. The van der Waals surface area contributed by atoms with E-state index in [2.05, 4.69) is 4.90 Å². The Labute approximate surface area is 105 Å². The Morgan fingerprint density at radius 1 is 1.18 bits per heavy atom. The second kappa shape index (κ2) is 6.36. The molecule has 0 unspecified atom stereocenters. The minimum atomic E-state index is -0.252. The highest BCUT2D eigenvalue weighted by Crippen LogP contribution is 2.18. The maximum Gasteiger partial charge on any atom is 0.228 e. The van der Waals surface area contributed by atoms with Gasteiger partial charge in [-0.2, -0.15) is 0 Å². The molecule has 0 radical (unpaired) electrons. The van der Waals surface area contributed by atoms with Crippen LogP contribution in [0.5, 0.6) is 0 Å². The molecule has 0 bridgehead atoms. The normalized spacial score (nSPS) is 18.5. The topological polar surface area (TPSA) is 32.8 Å². The first-order chi connectivity index (χ1) is 7.95. The van der Waals surface area contributed by atoms with Crippen LogP contribution in [0.4, 0.5) is 0 Å². The summed E-state index contributed by atoms with van der Waals surface area (Å²) >= 11 is 0. The second-order valence-electron chi connectivity index (χ2n) is 5.73. The lowest BCUT2D eigenvalue weighted by Crippen LogP contribution is -2.51. The van der Waals surface area contributed by atoms with Gasteiger partial charge in [-0.05, 0) is 6.42 Å². The third-order valence-electron chi connectivity index (χ3n) is 3.12. The van der Waals surface area contributed by atoms with E-state index in [1.165, 1.54) is 0 Å². The fourth-order valence-electron chi connectivity index (χ4n) is 2.08. The molecule has 100 valence electrons. The Hall–Kier alpha value is -0.610. The molecule has 0 aromatic carbocycles. The van der Waals surface area contributed by atoms with Gasteiger partial charge < -0.3 is 9.64 Å². The number of carbonyl (C=O) groups is 1. The number of rotatable bonds is 4. The predicted octanol–water partition coefficient (Wildman–Crippen LogP) is 1.21. The molecule has 0 N–H and O–H groups in total. The molecule has 4 nitrogen and oxygen atoms in total. The molecule has 0 aromatic heterocycles. The zero-order valence-corrected chi connectivity index (χ0v) is 11.7. The highest BCUT2D eigenvalue weighted by Gasteiger charge is 2.29. The lowest BCUT2D eigenvalue weighted by Gasteiger charge is -2.37. The van der Waals surface area contributed by atoms with Crippen molar-refractivity contribution >= 4 is 5.91 Å². The smallest absolute Gasteiger partial charge is 0.228 e. The monoisotopic (exact) mass is 242 g/mol. The van der Waals surface area contributed by atoms with Crippen molar-refractivity contribution in [2.45, 2.75) is 27.2 Å². The highest BCUT2D eigenvalue weighted by atomic mass is 16.5. The molecule has 1 aliphatic rings. The molecule has 17 heavy (non-hydrogen) atoms. The molecule has 1 aliphatic heterocycles. The fourth-order valence-corrected chi connectivity index (χ4v) is 2.08. The maximum atomic E-state index is 12.1. The van der Waals surface area contributed by atoms with Crippen molar-refractivity contribution in [1.82, 2.24) is 9.80 Å². The van der Waals surface area contributed by atoms with Gasteiger partial charge in [0.15, 0.2) is 0 Å². The summed E-state index contributed by atoms with van der Waals surface area (Å²) in [5, 5.41) is 0. The third kappa shape index (κ3) is 4.64. The van der Waals surface area contributed by atoms with E-state index >= 15 is 0 Å². The van der Waals surface area contributed by atoms with Gasteiger partial charge in [0.2, 0.25) is 5.91 Å². The standard InChI is InChI=1S/C13H26N2O2/c1-13(2,3)12(16)15-9-7-14(8-10-15)6-5-11-17-4/h5-11H2,1-4H3. The van der Waals surface area contributed by atoms with Gasteiger partial charge in [0.05, 0.1) is 0 Å². The van der Waals surface area contributed by atoms with Gasteiger partial charge in [-0.25, -0.2) is 0 Å². The Morgan fingerprint density at radius 3 is 2.24 bits per heavy atom. The predicted molar refractivity (Wildman–Crippen MR) is 69.0 cm³/mol. The largest absolute Gasteiger partial charge is 0.385 e. The Morgan fingerprint density at radius 2 is 1.76 bits per heavy atom. The van der Waals surface area contributed by atoms with Crippen LogP contribution in [-0.2, 0) is 9.53 Å². The number of piperazine rings is 1. The van der Waals surface area contributed by atoms with E-state index in [-0.39, 0.29) is 11.3 Å². The van der Waals surface area contributed by atoms with E-state index in [0.717, 1.165) is 45.8 Å². The zero-order chi connectivity index (χ0) is 12.9. The van der Waals surface area contributed by atoms with Crippen LogP contribution < -0.4 is 0 Å². The lowest BCUT2D eigenvalue weighted by atomic mass is 9.94. The van der Waals surface area contributed by atoms with E-state index < -0.39 is 0 Å². The second-order valence-corrected chi connectivity index (χ2v) is 5.73. The Balaban J connectivity index is 2.28. The molecule has 1 amide bonds. The van der Waals surface area contributed by atoms with Crippen LogP contribution in [0.1, 0.15) is 27.2 Å². The van der Waals surface area contributed by atoms with Crippen molar-refractivity contribution in [3.8, 4) is 0 Å². The molecule has 1 rings (SSSR count). The number of hydrogen-bond donors (Lipinski definition) is 0. The van der Waals surface area contributed by atoms with Crippen LogP contribution in [0.3, 0.4) is 0 Å². The van der Waals surface area contributed by atoms with E-state index in [0.29, 0.717) is 0 Å². The summed E-state index contributed by atoms with van der Waals surface area (Å²) in [6.07, 6.45) is 1.07. The van der Waals surface area contributed by atoms with Crippen molar-refractivity contribution in [2.24, 2.45) is 5.41 Å². The molecular weight excluding hydrogens is 216 g/mol. The number of methoxy groups -OCH3 is 1. The van der Waals surface area contributed by atoms with Crippen LogP contribution in [0.2, 0.25) is 0 Å². The molecule has 0 spiro atoms. The minimum absolute atomic E-state index is 0.252. The van der Waals surface area contributed by atoms with E-state index in [1.54, 1.807) is 7.11 Å². The van der Waals surface area contributed by atoms with Crippen molar-refractivity contribution in [2.75, 3.05) is 46.4 Å². The third-order valence-corrected chi connectivity index (χ3v) is 3.12. The summed E-state index contributed by atoms with van der Waals surface area (Å²) in [5.41, 5.74) is -0.252. The van der Waals surface area contributed by atoms with Crippen molar-refractivity contribution < 1.29 is 9.53 Å². The average Bonchev–Trinajstić information content (AvgIpc) is 2.28. The quantitative estimate of drug-likeness (QED) is 0.695. The number of carbonyl (C=O) groups excluding carboxylic acids is 1. The molecular formula is C13H26N2O2. The Bertz CT molecular complexity index is 240. The molecule has 0 saturated carbocycles. The first-order valence-corrected chi connectivity index (χ1v) is 6.46. The van der Waals surface area contributed by atoms with Crippen LogP contribution >= 0.6 is 0 Å². The van der Waals surface area contributed by atoms with E-state index in [4.69, 9.17) is 4.74 Å². The molecule has 1 fully saturated rings. The van der Waals surface area contributed by atoms with Gasteiger partial charge in [0, 0.05) is 51.9 Å². The van der Waals surface area contributed by atoms with Crippen molar-refractivity contribution in [3.63, 3.8) is 0 Å². The van der Waals surface area contributed by atoms with Gasteiger partial charge in [-0.15, -0.1) is 0 Å². The van der Waals surface area contributed by atoms with Crippen LogP contribution in [0, 0.1) is 5.41 Å². The van der Waals surface area contributed by atoms with Gasteiger partial charge in [0.25, 0.3) is 0 Å². The minimum Gasteiger partial charge on any atom is -0.385 e. The summed E-state index contributed by atoms with van der Waals surface area (Å²) in [5.74, 6) is 0.272. The van der Waals surface area contributed by atoms with Crippen LogP contribution in [0.25, 0.3) is 0 Å². The summed E-state index contributed by atoms with van der Waals surface area (Å²) in [4.78, 5) is 16.5. The first kappa shape index (κ1) is 14.5. The van der Waals surface area contributed by atoms with Gasteiger partial charge in [-0.3, -0.25) is 9.69 Å². The van der Waals surface area contributed by atoms with E-state index in [9.17, 15) is 4.79 Å². The molecule has 0 aliphatic carbocycles. The maximum absolute atomic E-state index is 12.1. The van der Waals surface area contributed by atoms with Crippen LogP contribution in [-0.4, -0.2) is 62.1 Å². The van der Waals surface area contributed by atoms with E-state index in [1.807, 2.05) is 25.7 Å². The Kier molecular flexibility index (Phi) is 5.40. The molecule has 1 heterocycles. The molecule has 0 aromatic rings. The SMILES string of the molecule is COCCCN1CCN(C(=O)C(C)(C)C)CC1. The highest BCUT2D eigenvalue weighted by molar-refractivity contribution is 5.81. The number of ether oxygens (including phenoxy) is 1. The summed E-state index contributed by atoms with van der Waals surface area (Å²) in [6, 6.07) is 0. The van der Waals surface area contributed by atoms with Crippen molar-refractivity contribution in [3.05, 3.63) is 0 Å². The van der Waals surface area contributed by atoms with Gasteiger partial charge in [-0.1, -0.05) is 20.8 Å². The van der Waals surface area contributed by atoms with Crippen molar-refractivity contribution in [1.29, 1.82) is 0 Å². The van der Waals surface area contributed by atoms with Gasteiger partial charge in [0.1, 0.15) is 0 Å². The first-order valence-electron chi connectivity index (χ1n) is 6.46. The summed E-state index contributed by atoms with van der Waals surface area (Å²) in [6.45, 7) is 11.6. The summed E-state index contributed by atoms with van der Waals surface area (Å²) < 4.78 is 5.05. The number of hydrogen-bond acceptors (Lipinski definition) is 3. The van der Waals surface area contributed by atoms with Gasteiger partial charge >= 0.3 is 0 Å². The average molecular weight is 242 g/mol. The zero-order valence-electron chi connectivity index (χ0n) is 11.7. The molecule has 4 heteroatoms. The summed E-state index contributed by atoms with van der Waals surface area (Å²) in [7, 11) is 1.74. The molecule has 1 saturated heterocycles. The van der Waals surface area contributed by atoms with Crippen LogP contribution in [0.15, 0.2) is 0 Å². The molecule has 0 atom stereocenters. The fraction of sp³-hybridized carbons (Fsp3) is 0.923. The number of nitrogens with zero attached hydrogens (tertiary/aromatic N) is 2. The number of amides is 1.